The second-order valence-corrected chi connectivity index (χ2v) is 5.94. The molecule has 146 valence electrons. The molecule has 8 nitrogen and oxygen atoms in total. The Morgan fingerprint density at radius 1 is 0.862 bits per heavy atom. The summed E-state index contributed by atoms with van der Waals surface area (Å²) in [6, 6.07) is 21.8. The Hall–Kier alpha value is -4.20. The first-order chi connectivity index (χ1) is 14.0. The van der Waals surface area contributed by atoms with Gasteiger partial charge in [-0.05, 0) is 30.3 Å². The van der Waals surface area contributed by atoms with Crippen molar-refractivity contribution < 1.29 is 19.2 Å². The zero-order chi connectivity index (χ0) is 20.6. The number of hydrogen-bond donors (Lipinski definition) is 2. The van der Waals surface area contributed by atoms with E-state index < -0.39 is 23.4 Å². The third-order valence-corrected chi connectivity index (χ3v) is 3.91. The molecule has 0 bridgehead atoms. The smallest absolute Gasteiger partial charge is 0.340 e. The lowest BCUT2D eigenvalue weighted by molar-refractivity contribution is -0.383. The number of rotatable bonds is 7. The quantitative estimate of drug-likeness (QED) is 0.356. The maximum atomic E-state index is 12.4. The molecule has 0 aliphatic heterocycles. The van der Waals surface area contributed by atoms with E-state index in [9.17, 15) is 19.7 Å². The fourth-order valence-electron chi connectivity index (χ4n) is 2.58. The van der Waals surface area contributed by atoms with Crippen molar-refractivity contribution in [1.82, 2.24) is 0 Å². The van der Waals surface area contributed by atoms with Crippen LogP contribution in [0.5, 0.6) is 0 Å². The average Bonchev–Trinajstić information content (AvgIpc) is 2.73. The summed E-state index contributed by atoms with van der Waals surface area (Å²) in [6.07, 6.45) is 0. The molecule has 2 N–H and O–H groups in total. The van der Waals surface area contributed by atoms with Crippen LogP contribution < -0.4 is 10.6 Å². The van der Waals surface area contributed by atoms with Gasteiger partial charge < -0.3 is 15.4 Å². The molecule has 0 radical (unpaired) electrons. The number of hydrogen-bond acceptors (Lipinski definition) is 6. The van der Waals surface area contributed by atoms with Gasteiger partial charge in [0, 0.05) is 11.8 Å². The second kappa shape index (κ2) is 9.14. The molecule has 0 aromatic heterocycles. The summed E-state index contributed by atoms with van der Waals surface area (Å²) in [5, 5.41) is 16.5. The molecule has 0 unspecified atom stereocenters. The van der Waals surface area contributed by atoms with Crippen LogP contribution in [0.4, 0.5) is 22.7 Å². The van der Waals surface area contributed by atoms with E-state index in [-0.39, 0.29) is 16.9 Å². The van der Waals surface area contributed by atoms with Crippen LogP contribution in [0.3, 0.4) is 0 Å². The van der Waals surface area contributed by atoms with E-state index in [2.05, 4.69) is 10.6 Å². The molecule has 0 aliphatic rings. The minimum atomic E-state index is -0.693. The number of carbonyl (C=O) groups is 2. The van der Waals surface area contributed by atoms with Crippen LogP contribution in [-0.2, 0) is 9.53 Å². The van der Waals surface area contributed by atoms with Gasteiger partial charge in [-0.3, -0.25) is 14.9 Å². The maximum Gasteiger partial charge on any atom is 0.340 e. The van der Waals surface area contributed by atoms with E-state index in [1.54, 1.807) is 30.3 Å². The molecule has 8 heteroatoms. The van der Waals surface area contributed by atoms with Crippen molar-refractivity contribution in [2.45, 2.75) is 0 Å². The van der Waals surface area contributed by atoms with Crippen LogP contribution in [0, 0.1) is 10.1 Å². The van der Waals surface area contributed by atoms with Gasteiger partial charge >= 0.3 is 5.97 Å². The zero-order valence-corrected chi connectivity index (χ0v) is 15.2. The first kappa shape index (κ1) is 19.6. The molecule has 0 aliphatic carbocycles. The standard InChI is InChI=1S/C21H17N3O5/c25-20(23-18-12-6-7-13-19(18)24(27)28)14-29-21(26)16-10-4-5-11-17(16)22-15-8-2-1-3-9-15/h1-13,22H,14H2,(H,23,25). The highest BCUT2D eigenvalue weighted by molar-refractivity contribution is 5.99. The number of nitrogens with one attached hydrogen (secondary N) is 2. The third-order valence-electron chi connectivity index (χ3n) is 3.91. The van der Waals surface area contributed by atoms with E-state index in [0.29, 0.717) is 5.69 Å². The van der Waals surface area contributed by atoms with E-state index >= 15 is 0 Å². The molecule has 3 aromatic carbocycles. The van der Waals surface area contributed by atoms with Crippen molar-refractivity contribution in [1.29, 1.82) is 0 Å². The lowest BCUT2D eigenvalue weighted by Gasteiger charge is -2.12. The summed E-state index contributed by atoms with van der Waals surface area (Å²) < 4.78 is 5.08. The molecule has 1 amide bonds. The largest absolute Gasteiger partial charge is 0.452 e. The predicted octanol–water partition coefficient (Wildman–Crippen LogP) is 4.13. The van der Waals surface area contributed by atoms with Gasteiger partial charge in [0.2, 0.25) is 0 Å². The number of nitro groups is 1. The van der Waals surface area contributed by atoms with Gasteiger partial charge in [0.25, 0.3) is 11.6 Å². The number of benzene rings is 3. The van der Waals surface area contributed by atoms with Crippen molar-refractivity contribution in [3.8, 4) is 0 Å². The zero-order valence-electron chi connectivity index (χ0n) is 15.2. The molecule has 0 saturated heterocycles. The number of nitrogens with zero attached hydrogens (tertiary/aromatic N) is 1. The Balaban J connectivity index is 1.64. The fourth-order valence-corrected chi connectivity index (χ4v) is 2.58. The molecule has 3 aromatic rings. The maximum absolute atomic E-state index is 12.4. The van der Waals surface area contributed by atoms with E-state index in [1.807, 2.05) is 30.3 Å². The summed E-state index contributed by atoms with van der Waals surface area (Å²) in [6.45, 7) is -0.579. The van der Waals surface area contributed by atoms with Crippen molar-refractivity contribution in [3.05, 3.63) is 94.5 Å². The van der Waals surface area contributed by atoms with Gasteiger partial charge in [-0.2, -0.15) is 0 Å². The van der Waals surface area contributed by atoms with E-state index in [0.717, 1.165) is 5.69 Å². The van der Waals surface area contributed by atoms with Gasteiger partial charge in [0.15, 0.2) is 6.61 Å². The number of carbonyl (C=O) groups excluding carboxylic acids is 2. The lowest BCUT2D eigenvalue weighted by Crippen LogP contribution is -2.21. The minimum absolute atomic E-state index is 0.0321. The number of anilines is 3. The molecular formula is C21H17N3O5. The Morgan fingerprint density at radius 3 is 2.21 bits per heavy atom. The topological polar surface area (TPSA) is 111 Å². The molecule has 0 spiro atoms. The van der Waals surface area contributed by atoms with Crippen molar-refractivity contribution in [2.24, 2.45) is 0 Å². The Kier molecular flexibility index (Phi) is 6.16. The number of esters is 1. The minimum Gasteiger partial charge on any atom is -0.452 e. The van der Waals surface area contributed by atoms with Crippen molar-refractivity contribution in [3.63, 3.8) is 0 Å². The van der Waals surface area contributed by atoms with Gasteiger partial charge in [0.1, 0.15) is 5.69 Å². The fraction of sp³-hybridized carbons (Fsp3) is 0.0476. The molecule has 0 atom stereocenters. The van der Waals surface area contributed by atoms with Gasteiger partial charge in [-0.15, -0.1) is 0 Å². The SMILES string of the molecule is O=C(COC(=O)c1ccccc1Nc1ccccc1)Nc1ccccc1[N+](=O)[O-]. The Bertz CT molecular complexity index is 1040. The van der Waals surface area contributed by atoms with E-state index in [4.69, 9.17) is 4.74 Å². The first-order valence-electron chi connectivity index (χ1n) is 8.66. The van der Waals surface area contributed by atoms with Crippen LogP contribution >= 0.6 is 0 Å². The molecule has 29 heavy (non-hydrogen) atoms. The summed E-state index contributed by atoms with van der Waals surface area (Å²) in [7, 11) is 0. The molecule has 0 saturated carbocycles. The molecule has 3 rings (SSSR count). The highest BCUT2D eigenvalue weighted by Crippen LogP contribution is 2.23. The summed E-state index contributed by atoms with van der Waals surface area (Å²) in [5.74, 6) is -1.37. The number of ether oxygens (including phenoxy) is 1. The molecular weight excluding hydrogens is 374 g/mol. The number of nitro benzene ring substituents is 1. The van der Waals surface area contributed by atoms with Crippen molar-refractivity contribution >= 4 is 34.6 Å². The lowest BCUT2D eigenvalue weighted by atomic mass is 10.1. The highest BCUT2D eigenvalue weighted by atomic mass is 16.6. The summed E-state index contributed by atoms with van der Waals surface area (Å²) >= 11 is 0. The summed E-state index contributed by atoms with van der Waals surface area (Å²) in [4.78, 5) is 34.9. The highest BCUT2D eigenvalue weighted by Gasteiger charge is 2.17. The van der Waals surface area contributed by atoms with Crippen LogP contribution in [0.15, 0.2) is 78.9 Å². The van der Waals surface area contributed by atoms with Crippen LogP contribution in [0.1, 0.15) is 10.4 Å². The average molecular weight is 391 g/mol. The third kappa shape index (κ3) is 5.16. The van der Waals surface area contributed by atoms with Crippen LogP contribution in [-0.4, -0.2) is 23.4 Å². The number of para-hydroxylation sites is 4. The Labute approximate surface area is 166 Å². The summed E-state index contributed by atoms with van der Waals surface area (Å²) in [5.41, 5.74) is 1.37. The first-order valence-corrected chi connectivity index (χ1v) is 8.66. The van der Waals surface area contributed by atoms with Gasteiger partial charge in [-0.25, -0.2) is 4.79 Å². The molecule has 0 heterocycles. The second-order valence-electron chi connectivity index (χ2n) is 5.94. The number of amides is 1. The van der Waals surface area contributed by atoms with Crippen LogP contribution in [0.2, 0.25) is 0 Å². The predicted molar refractivity (Wildman–Crippen MR) is 108 cm³/mol. The van der Waals surface area contributed by atoms with E-state index in [1.165, 1.54) is 18.2 Å². The monoisotopic (exact) mass is 391 g/mol. The normalized spacial score (nSPS) is 10.1. The van der Waals surface area contributed by atoms with Crippen LogP contribution in [0.25, 0.3) is 0 Å². The van der Waals surface area contributed by atoms with Gasteiger partial charge in [0.05, 0.1) is 16.2 Å². The molecule has 0 fully saturated rings. The van der Waals surface area contributed by atoms with Crippen molar-refractivity contribution in [2.75, 3.05) is 17.2 Å². The van der Waals surface area contributed by atoms with Gasteiger partial charge in [-0.1, -0.05) is 42.5 Å². The Morgan fingerprint density at radius 2 is 1.48 bits per heavy atom.